The molecule has 3 N–H and O–H groups in total. The number of methoxy groups -OCH3 is 1. The van der Waals surface area contributed by atoms with Gasteiger partial charge < -0.3 is 30.3 Å². The molecule has 0 saturated carbocycles. The highest BCUT2D eigenvalue weighted by atomic mass is 16.6. The van der Waals surface area contributed by atoms with E-state index in [9.17, 15) is 19.2 Å². The van der Waals surface area contributed by atoms with Gasteiger partial charge in [0.2, 0.25) is 17.7 Å². The van der Waals surface area contributed by atoms with Crippen molar-refractivity contribution in [1.29, 1.82) is 0 Å². The molecule has 0 spiro atoms. The Morgan fingerprint density at radius 1 is 0.927 bits per heavy atom. The van der Waals surface area contributed by atoms with Crippen LogP contribution in [0, 0.1) is 5.92 Å². The van der Waals surface area contributed by atoms with E-state index in [0.717, 1.165) is 16.9 Å². The molecule has 2 aromatic rings. The van der Waals surface area contributed by atoms with E-state index >= 15 is 0 Å². The highest BCUT2D eigenvalue weighted by Crippen LogP contribution is 2.19. The first-order chi connectivity index (χ1) is 19.4. The summed E-state index contributed by atoms with van der Waals surface area (Å²) in [7, 11) is 1.60. The fourth-order valence-electron chi connectivity index (χ4n) is 4.59. The van der Waals surface area contributed by atoms with E-state index in [1.54, 1.807) is 39.7 Å². The first kappa shape index (κ1) is 31.4. The van der Waals surface area contributed by atoms with Crippen molar-refractivity contribution in [3.8, 4) is 5.75 Å². The Hall–Kier alpha value is -4.08. The van der Waals surface area contributed by atoms with Crippen LogP contribution in [0.5, 0.6) is 5.75 Å². The summed E-state index contributed by atoms with van der Waals surface area (Å²) in [4.78, 5) is 53.0. The summed E-state index contributed by atoms with van der Waals surface area (Å²) in [5.41, 5.74) is 1.18. The average Bonchev–Trinajstić information content (AvgIpc) is 2.95. The van der Waals surface area contributed by atoms with Gasteiger partial charge in [-0.25, -0.2) is 4.79 Å². The second-order valence-electron chi connectivity index (χ2n) is 11.3. The predicted octanol–water partition coefficient (Wildman–Crippen LogP) is 3.19. The summed E-state index contributed by atoms with van der Waals surface area (Å²) in [5.74, 6) is -0.309. The van der Waals surface area contributed by atoms with Crippen LogP contribution in [0.4, 0.5) is 4.79 Å². The lowest BCUT2D eigenvalue weighted by atomic mass is 9.94. The molecule has 10 nitrogen and oxygen atoms in total. The van der Waals surface area contributed by atoms with Crippen LogP contribution in [0.2, 0.25) is 0 Å². The predicted molar refractivity (Wildman–Crippen MR) is 155 cm³/mol. The minimum Gasteiger partial charge on any atom is -0.497 e. The molecule has 1 aliphatic rings. The Morgan fingerprint density at radius 2 is 1.56 bits per heavy atom. The summed E-state index contributed by atoms with van der Waals surface area (Å²) >= 11 is 0. The SMILES string of the molecule is COc1ccc(CNC(=O)[C@H](Cc2ccccc2)NC(=O)C2CCN(C(=O)[C@H](C)NC(=O)OC(C)(C)C)CC2)cc1. The molecule has 2 atom stereocenters. The molecule has 1 saturated heterocycles. The molecule has 41 heavy (non-hydrogen) atoms. The largest absolute Gasteiger partial charge is 0.497 e. The van der Waals surface area contributed by atoms with Gasteiger partial charge in [-0.1, -0.05) is 42.5 Å². The Bertz CT molecular complexity index is 1170. The van der Waals surface area contributed by atoms with Gasteiger partial charge in [0.05, 0.1) is 7.11 Å². The van der Waals surface area contributed by atoms with E-state index in [2.05, 4.69) is 16.0 Å². The van der Waals surface area contributed by atoms with E-state index in [1.165, 1.54) is 0 Å². The number of likely N-dealkylation sites (tertiary alicyclic amines) is 1. The van der Waals surface area contributed by atoms with Crippen LogP contribution in [-0.2, 0) is 32.1 Å². The first-order valence-electron chi connectivity index (χ1n) is 14.0. The molecule has 0 aromatic heterocycles. The maximum atomic E-state index is 13.3. The lowest BCUT2D eigenvalue weighted by Crippen LogP contribution is -2.53. The topological polar surface area (TPSA) is 126 Å². The molecule has 3 rings (SSSR count). The van der Waals surface area contributed by atoms with Gasteiger partial charge in [-0.05, 0) is 63.8 Å². The smallest absolute Gasteiger partial charge is 0.408 e. The van der Waals surface area contributed by atoms with Gasteiger partial charge in [-0.3, -0.25) is 14.4 Å². The number of nitrogens with one attached hydrogen (secondary N) is 3. The normalized spacial score (nSPS) is 15.3. The molecule has 222 valence electrons. The third kappa shape index (κ3) is 10.1. The highest BCUT2D eigenvalue weighted by Gasteiger charge is 2.32. The van der Waals surface area contributed by atoms with E-state index in [-0.39, 0.29) is 23.6 Å². The summed E-state index contributed by atoms with van der Waals surface area (Å²) in [6, 6.07) is 15.5. The standard InChI is InChI=1S/C31H42N4O6/c1-21(33-30(39)41-31(2,3)4)29(38)35-17-15-24(16-18-35)27(36)34-26(19-22-9-7-6-8-10-22)28(37)32-20-23-11-13-25(40-5)14-12-23/h6-14,21,24,26H,15-20H2,1-5H3,(H,32,37)(H,33,39)(H,34,36)/t21-,26-/m0/s1. The molecule has 0 radical (unpaired) electrons. The number of ether oxygens (including phenoxy) is 2. The summed E-state index contributed by atoms with van der Waals surface area (Å²) in [5, 5.41) is 8.47. The zero-order valence-corrected chi connectivity index (χ0v) is 24.6. The molecule has 0 bridgehead atoms. The van der Waals surface area contributed by atoms with Crippen LogP contribution in [-0.4, -0.2) is 66.6 Å². The van der Waals surface area contributed by atoms with E-state index < -0.39 is 23.8 Å². The molecular formula is C31H42N4O6. The molecule has 0 aliphatic carbocycles. The Balaban J connectivity index is 1.55. The first-order valence-corrected chi connectivity index (χ1v) is 14.0. The molecule has 2 aromatic carbocycles. The second kappa shape index (κ2) is 14.5. The molecular weight excluding hydrogens is 524 g/mol. The van der Waals surface area contributed by atoms with Gasteiger partial charge in [-0.15, -0.1) is 0 Å². The number of carbonyl (C=O) groups is 4. The quantitative estimate of drug-likeness (QED) is 0.406. The number of amides is 4. The summed E-state index contributed by atoms with van der Waals surface area (Å²) in [6.45, 7) is 7.95. The van der Waals surface area contributed by atoms with Crippen LogP contribution in [0.1, 0.15) is 51.7 Å². The van der Waals surface area contributed by atoms with Crippen LogP contribution < -0.4 is 20.7 Å². The van der Waals surface area contributed by atoms with Crippen LogP contribution >= 0.6 is 0 Å². The average molecular weight is 567 g/mol. The van der Waals surface area contributed by atoms with Crippen molar-refractivity contribution in [2.24, 2.45) is 5.92 Å². The number of piperidine rings is 1. The second-order valence-corrected chi connectivity index (χ2v) is 11.3. The fourth-order valence-corrected chi connectivity index (χ4v) is 4.59. The third-order valence-corrected chi connectivity index (χ3v) is 6.82. The van der Waals surface area contributed by atoms with Crippen molar-refractivity contribution in [2.75, 3.05) is 20.2 Å². The molecule has 4 amide bonds. The summed E-state index contributed by atoms with van der Waals surface area (Å²) < 4.78 is 10.4. The lowest BCUT2D eigenvalue weighted by Gasteiger charge is -2.33. The molecule has 10 heteroatoms. The zero-order chi connectivity index (χ0) is 30.0. The van der Waals surface area contributed by atoms with Gasteiger partial charge in [0, 0.05) is 32.0 Å². The van der Waals surface area contributed by atoms with Crippen molar-refractivity contribution in [3.05, 3.63) is 65.7 Å². The zero-order valence-electron chi connectivity index (χ0n) is 24.6. The van der Waals surface area contributed by atoms with E-state index in [0.29, 0.717) is 38.9 Å². The number of benzene rings is 2. The van der Waals surface area contributed by atoms with Gasteiger partial charge in [0.1, 0.15) is 23.4 Å². The molecule has 1 aliphatic heterocycles. The van der Waals surface area contributed by atoms with Crippen molar-refractivity contribution in [1.82, 2.24) is 20.9 Å². The molecule has 0 unspecified atom stereocenters. The van der Waals surface area contributed by atoms with Gasteiger partial charge >= 0.3 is 6.09 Å². The van der Waals surface area contributed by atoms with Gasteiger partial charge in [0.25, 0.3) is 0 Å². The number of rotatable bonds is 10. The molecule has 1 heterocycles. The number of hydrogen-bond donors (Lipinski definition) is 3. The Kier molecular flexibility index (Phi) is 11.1. The summed E-state index contributed by atoms with van der Waals surface area (Å²) in [6.07, 6.45) is 0.624. The maximum Gasteiger partial charge on any atom is 0.408 e. The van der Waals surface area contributed by atoms with Crippen LogP contribution in [0.15, 0.2) is 54.6 Å². The maximum absolute atomic E-state index is 13.3. The number of hydrogen-bond acceptors (Lipinski definition) is 6. The highest BCUT2D eigenvalue weighted by molar-refractivity contribution is 5.89. The Labute approximate surface area is 242 Å². The van der Waals surface area contributed by atoms with E-state index in [4.69, 9.17) is 9.47 Å². The van der Waals surface area contributed by atoms with Gasteiger partial charge in [0.15, 0.2) is 0 Å². The number of carbonyl (C=O) groups excluding carboxylic acids is 4. The van der Waals surface area contributed by atoms with Crippen molar-refractivity contribution >= 4 is 23.8 Å². The van der Waals surface area contributed by atoms with Crippen LogP contribution in [0.25, 0.3) is 0 Å². The van der Waals surface area contributed by atoms with Crippen molar-refractivity contribution in [3.63, 3.8) is 0 Å². The third-order valence-electron chi connectivity index (χ3n) is 6.82. The lowest BCUT2D eigenvalue weighted by molar-refractivity contribution is -0.137. The van der Waals surface area contributed by atoms with E-state index in [1.807, 2.05) is 54.6 Å². The minimum atomic E-state index is -0.750. The minimum absolute atomic E-state index is 0.211. The monoisotopic (exact) mass is 566 g/mol. The van der Waals surface area contributed by atoms with Crippen molar-refractivity contribution in [2.45, 2.75) is 71.2 Å². The van der Waals surface area contributed by atoms with Crippen LogP contribution in [0.3, 0.4) is 0 Å². The molecule has 1 fully saturated rings. The van der Waals surface area contributed by atoms with Gasteiger partial charge in [-0.2, -0.15) is 0 Å². The van der Waals surface area contributed by atoms with Crippen molar-refractivity contribution < 1.29 is 28.7 Å². The Morgan fingerprint density at radius 3 is 2.15 bits per heavy atom. The number of nitrogens with zero attached hydrogens (tertiary/aromatic N) is 1. The fraction of sp³-hybridized carbons (Fsp3) is 0.484. The number of alkyl carbamates (subject to hydrolysis) is 1.